The van der Waals surface area contributed by atoms with Crippen molar-refractivity contribution >= 4 is 23.3 Å². The van der Waals surface area contributed by atoms with Crippen molar-refractivity contribution in [2.75, 3.05) is 5.32 Å². The van der Waals surface area contributed by atoms with Crippen molar-refractivity contribution in [1.29, 1.82) is 0 Å². The molecule has 0 aliphatic heterocycles. The van der Waals surface area contributed by atoms with Gasteiger partial charge in [0, 0.05) is 16.7 Å². The predicted octanol–water partition coefficient (Wildman–Crippen LogP) is 3.74. The highest BCUT2D eigenvalue weighted by Gasteiger charge is 2.15. The van der Waals surface area contributed by atoms with Crippen LogP contribution in [0.3, 0.4) is 0 Å². The second kappa shape index (κ2) is 6.07. The highest BCUT2D eigenvalue weighted by atomic mass is 35.5. The molecule has 2 heterocycles. The van der Waals surface area contributed by atoms with Crippen molar-refractivity contribution in [2.24, 2.45) is 0 Å². The molecule has 2 aromatic heterocycles. The quantitative estimate of drug-likeness (QED) is 0.798. The Morgan fingerprint density at radius 2 is 2.14 bits per heavy atom. The number of halogens is 1. The van der Waals surface area contributed by atoms with Gasteiger partial charge in [0.25, 0.3) is 5.91 Å². The maximum atomic E-state index is 12.2. The Balaban J connectivity index is 1.80. The number of anilines is 1. The molecule has 3 rings (SSSR count). The average Bonchev–Trinajstić information content (AvgIpc) is 3.11. The SMILES string of the molecule is Cc1ccoc1C(=O)Nc1ccnn1Cc1ccccc1Cl. The molecule has 0 bridgehead atoms. The maximum Gasteiger partial charge on any atom is 0.292 e. The van der Waals surface area contributed by atoms with E-state index < -0.39 is 0 Å². The van der Waals surface area contributed by atoms with Crippen molar-refractivity contribution in [1.82, 2.24) is 9.78 Å². The smallest absolute Gasteiger partial charge is 0.292 e. The van der Waals surface area contributed by atoms with Gasteiger partial charge in [-0.1, -0.05) is 29.8 Å². The molecule has 112 valence electrons. The van der Waals surface area contributed by atoms with Crippen molar-refractivity contribution < 1.29 is 9.21 Å². The number of benzene rings is 1. The summed E-state index contributed by atoms with van der Waals surface area (Å²) in [6, 6.07) is 11.0. The second-order valence-electron chi connectivity index (χ2n) is 4.85. The first kappa shape index (κ1) is 14.4. The summed E-state index contributed by atoms with van der Waals surface area (Å²) < 4.78 is 6.87. The van der Waals surface area contributed by atoms with Crippen molar-refractivity contribution in [3.05, 3.63) is 70.8 Å². The summed E-state index contributed by atoms with van der Waals surface area (Å²) in [5, 5.41) is 7.68. The third-order valence-electron chi connectivity index (χ3n) is 3.30. The number of nitrogens with one attached hydrogen (secondary N) is 1. The van der Waals surface area contributed by atoms with Crippen LogP contribution in [0.5, 0.6) is 0 Å². The number of furan rings is 1. The van der Waals surface area contributed by atoms with Crippen molar-refractivity contribution in [3.63, 3.8) is 0 Å². The number of carbonyl (C=O) groups is 1. The van der Waals surface area contributed by atoms with Gasteiger partial charge in [-0.05, 0) is 24.6 Å². The summed E-state index contributed by atoms with van der Waals surface area (Å²) in [7, 11) is 0. The van der Waals surface area contributed by atoms with Gasteiger partial charge in [0.2, 0.25) is 0 Å². The number of rotatable bonds is 4. The van der Waals surface area contributed by atoms with Gasteiger partial charge < -0.3 is 9.73 Å². The first-order valence-electron chi connectivity index (χ1n) is 6.76. The van der Waals surface area contributed by atoms with E-state index in [9.17, 15) is 4.79 Å². The number of hydrogen-bond acceptors (Lipinski definition) is 3. The predicted molar refractivity (Wildman–Crippen MR) is 84.2 cm³/mol. The van der Waals surface area contributed by atoms with Crippen LogP contribution in [0.25, 0.3) is 0 Å². The Morgan fingerprint density at radius 3 is 2.86 bits per heavy atom. The summed E-state index contributed by atoms with van der Waals surface area (Å²) in [5.74, 6) is 0.578. The van der Waals surface area contributed by atoms with Gasteiger partial charge in [-0.2, -0.15) is 5.10 Å². The number of amides is 1. The van der Waals surface area contributed by atoms with Gasteiger partial charge >= 0.3 is 0 Å². The van der Waals surface area contributed by atoms with E-state index in [-0.39, 0.29) is 5.91 Å². The zero-order valence-corrected chi connectivity index (χ0v) is 12.7. The summed E-state index contributed by atoms with van der Waals surface area (Å²) in [4.78, 5) is 12.2. The summed E-state index contributed by atoms with van der Waals surface area (Å²) in [6.07, 6.45) is 3.12. The number of aromatic nitrogens is 2. The van der Waals surface area contributed by atoms with E-state index in [1.165, 1.54) is 6.26 Å². The molecule has 0 aliphatic carbocycles. The lowest BCUT2D eigenvalue weighted by Crippen LogP contribution is -2.16. The molecule has 0 aliphatic rings. The fourth-order valence-electron chi connectivity index (χ4n) is 2.13. The number of aryl methyl sites for hydroxylation is 1. The van der Waals surface area contributed by atoms with E-state index in [0.717, 1.165) is 11.1 Å². The molecule has 0 fully saturated rings. The Morgan fingerprint density at radius 1 is 1.32 bits per heavy atom. The minimum Gasteiger partial charge on any atom is -0.459 e. The van der Waals surface area contributed by atoms with E-state index >= 15 is 0 Å². The molecule has 0 saturated heterocycles. The molecule has 0 spiro atoms. The first-order valence-corrected chi connectivity index (χ1v) is 7.13. The summed E-state index contributed by atoms with van der Waals surface area (Å²) in [6.45, 7) is 2.29. The fourth-order valence-corrected chi connectivity index (χ4v) is 2.33. The topological polar surface area (TPSA) is 60.1 Å². The van der Waals surface area contributed by atoms with Crippen LogP contribution in [0, 0.1) is 6.92 Å². The zero-order valence-electron chi connectivity index (χ0n) is 11.9. The van der Waals surface area contributed by atoms with Crippen LogP contribution in [-0.2, 0) is 6.54 Å². The van der Waals surface area contributed by atoms with Gasteiger partial charge in [-0.15, -0.1) is 0 Å². The van der Waals surface area contributed by atoms with Crippen molar-refractivity contribution in [3.8, 4) is 0 Å². The van der Waals surface area contributed by atoms with Crippen LogP contribution >= 0.6 is 11.6 Å². The van der Waals surface area contributed by atoms with Crippen LogP contribution in [0.15, 0.2) is 53.3 Å². The van der Waals surface area contributed by atoms with E-state index in [1.807, 2.05) is 31.2 Å². The van der Waals surface area contributed by atoms with Crippen LogP contribution < -0.4 is 5.32 Å². The van der Waals surface area contributed by atoms with Crippen molar-refractivity contribution in [2.45, 2.75) is 13.5 Å². The maximum absolute atomic E-state index is 12.2. The van der Waals surface area contributed by atoms with E-state index in [0.29, 0.717) is 23.1 Å². The highest BCUT2D eigenvalue weighted by Crippen LogP contribution is 2.19. The Bertz CT molecular complexity index is 807. The zero-order chi connectivity index (χ0) is 15.5. The summed E-state index contributed by atoms with van der Waals surface area (Å²) >= 11 is 6.16. The monoisotopic (exact) mass is 315 g/mol. The lowest BCUT2D eigenvalue weighted by Gasteiger charge is -2.09. The van der Waals surface area contributed by atoms with Gasteiger partial charge in [0.1, 0.15) is 5.82 Å². The van der Waals surface area contributed by atoms with Crippen LogP contribution in [-0.4, -0.2) is 15.7 Å². The molecule has 1 amide bonds. The fraction of sp³-hybridized carbons (Fsp3) is 0.125. The van der Waals surface area contributed by atoms with Crippen LogP contribution in [0.4, 0.5) is 5.82 Å². The normalized spacial score (nSPS) is 10.6. The molecule has 1 aromatic carbocycles. The van der Waals surface area contributed by atoms with E-state index in [1.54, 1.807) is 23.0 Å². The van der Waals surface area contributed by atoms with E-state index in [2.05, 4.69) is 10.4 Å². The third kappa shape index (κ3) is 2.89. The average molecular weight is 316 g/mol. The lowest BCUT2D eigenvalue weighted by molar-refractivity contribution is 0.0995. The van der Waals surface area contributed by atoms with Gasteiger partial charge in [-0.3, -0.25) is 4.79 Å². The largest absolute Gasteiger partial charge is 0.459 e. The Hall–Kier alpha value is -2.53. The van der Waals surface area contributed by atoms with Crippen LogP contribution in [0.1, 0.15) is 21.7 Å². The molecule has 3 aromatic rings. The first-order chi connectivity index (χ1) is 10.6. The molecule has 6 heteroatoms. The molecule has 5 nitrogen and oxygen atoms in total. The number of carbonyl (C=O) groups excluding carboxylic acids is 1. The molecule has 0 saturated carbocycles. The standard InChI is InChI=1S/C16H14ClN3O2/c1-11-7-9-22-15(11)16(21)19-14-6-8-18-20(14)10-12-4-2-3-5-13(12)17/h2-9H,10H2,1H3,(H,19,21). The number of hydrogen-bond donors (Lipinski definition) is 1. The molecule has 1 N–H and O–H groups in total. The molecule has 0 atom stereocenters. The minimum atomic E-state index is -0.302. The van der Waals surface area contributed by atoms with Gasteiger partial charge in [0.05, 0.1) is 19.0 Å². The Labute approximate surface area is 132 Å². The van der Waals surface area contributed by atoms with Gasteiger partial charge in [-0.25, -0.2) is 4.68 Å². The van der Waals surface area contributed by atoms with Crippen LogP contribution in [0.2, 0.25) is 5.02 Å². The summed E-state index contributed by atoms with van der Waals surface area (Å²) in [5.41, 5.74) is 1.72. The minimum absolute atomic E-state index is 0.297. The Kier molecular flexibility index (Phi) is 3.98. The molecular formula is C16H14ClN3O2. The number of nitrogens with zero attached hydrogens (tertiary/aromatic N) is 2. The second-order valence-corrected chi connectivity index (χ2v) is 5.26. The third-order valence-corrected chi connectivity index (χ3v) is 3.67. The highest BCUT2D eigenvalue weighted by molar-refractivity contribution is 6.31. The lowest BCUT2D eigenvalue weighted by atomic mass is 10.2. The molecular weight excluding hydrogens is 302 g/mol. The molecule has 0 unspecified atom stereocenters. The van der Waals surface area contributed by atoms with Gasteiger partial charge in [0.15, 0.2) is 5.76 Å². The molecule has 0 radical (unpaired) electrons. The van der Waals surface area contributed by atoms with E-state index in [4.69, 9.17) is 16.0 Å². The molecule has 22 heavy (non-hydrogen) atoms.